The topological polar surface area (TPSA) is 87.7 Å². The lowest BCUT2D eigenvalue weighted by molar-refractivity contribution is -0.128. The molecule has 5 rings (SSSR count). The molecule has 1 unspecified atom stereocenters. The molecule has 0 radical (unpaired) electrons. The molecule has 0 aliphatic carbocycles. The van der Waals surface area contributed by atoms with Crippen LogP contribution in [0.2, 0.25) is 0 Å². The Morgan fingerprint density at radius 2 is 1.76 bits per heavy atom. The Morgan fingerprint density at radius 1 is 1.04 bits per heavy atom. The van der Waals surface area contributed by atoms with Crippen LogP contribution in [-0.2, 0) is 11.3 Å². The van der Waals surface area contributed by atoms with Gasteiger partial charge in [-0.3, -0.25) is 14.5 Å². The first kappa shape index (κ1) is 33.4. The zero-order valence-corrected chi connectivity index (χ0v) is 26.6. The van der Waals surface area contributed by atoms with Crippen LogP contribution in [0.25, 0.3) is 11.3 Å². The van der Waals surface area contributed by atoms with Gasteiger partial charge in [0.25, 0.3) is 5.91 Å². The first-order chi connectivity index (χ1) is 22.2. The van der Waals surface area contributed by atoms with Crippen molar-refractivity contribution in [2.75, 3.05) is 33.0 Å². The highest BCUT2D eigenvalue weighted by molar-refractivity contribution is 5.95. The number of carbonyl (C=O) groups is 2. The van der Waals surface area contributed by atoms with Gasteiger partial charge in [-0.15, -0.1) is 0 Å². The van der Waals surface area contributed by atoms with E-state index < -0.39 is 31.1 Å². The van der Waals surface area contributed by atoms with Gasteiger partial charge in [0.15, 0.2) is 0 Å². The van der Waals surface area contributed by atoms with Gasteiger partial charge in [0.1, 0.15) is 30.7 Å². The lowest BCUT2D eigenvalue weighted by atomic mass is 10.0. The lowest BCUT2D eigenvalue weighted by Crippen LogP contribution is -2.49. The Hall–Kier alpha value is -3.99. The maximum Gasteiger partial charge on any atom is 0.254 e. The highest BCUT2D eigenvalue weighted by Crippen LogP contribution is 2.33. The zero-order chi connectivity index (χ0) is 32.8. The smallest absolute Gasteiger partial charge is 0.254 e. The first-order valence-electron chi connectivity index (χ1n) is 16.1. The van der Waals surface area contributed by atoms with E-state index in [1.54, 1.807) is 21.9 Å². The van der Waals surface area contributed by atoms with Crippen molar-refractivity contribution in [1.29, 1.82) is 0 Å². The predicted octanol–water partition coefficient (Wildman–Crippen LogP) is 6.46. The maximum atomic E-state index is 15.5. The molecule has 0 saturated carbocycles. The number of likely N-dealkylation sites (tertiary alicyclic amines) is 2. The highest BCUT2D eigenvalue weighted by Gasteiger charge is 2.31. The minimum absolute atomic E-state index is 0.00285. The number of amides is 2. The predicted molar refractivity (Wildman–Crippen MR) is 170 cm³/mol. The number of nitrogens with zero attached hydrogens (tertiary/aromatic N) is 4. The number of carbonyl (C=O) groups excluding carboxylic acids is 2. The maximum absolute atomic E-state index is 15.5. The summed E-state index contributed by atoms with van der Waals surface area (Å²) in [6.07, 6.45) is 2.32. The van der Waals surface area contributed by atoms with E-state index in [4.69, 9.17) is 4.74 Å². The summed E-state index contributed by atoms with van der Waals surface area (Å²) in [6, 6.07) is 12.7. The van der Waals surface area contributed by atoms with E-state index in [1.807, 2.05) is 31.2 Å². The molecule has 11 heteroatoms. The Kier molecular flexibility index (Phi) is 10.9. The normalized spacial score (nSPS) is 17.7. The largest absolute Gasteiger partial charge is 0.457 e. The van der Waals surface area contributed by atoms with E-state index in [0.717, 1.165) is 17.7 Å². The fourth-order valence-corrected chi connectivity index (χ4v) is 6.01. The molecule has 2 saturated heterocycles. The van der Waals surface area contributed by atoms with Crippen LogP contribution in [0, 0.1) is 11.7 Å². The van der Waals surface area contributed by atoms with Gasteiger partial charge in [-0.05, 0) is 73.2 Å². The minimum atomic E-state index is -0.774. The van der Waals surface area contributed by atoms with Gasteiger partial charge in [-0.25, -0.2) is 13.2 Å². The number of hydrogen-bond acceptors (Lipinski definition) is 6. The number of alkyl halides is 2. The third kappa shape index (κ3) is 7.86. The summed E-state index contributed by atoms with van der Waals surface area (Å²) in [4.78, 5) is 29.5. The van der Waals surface area contributed by atoms with Gasteiger partial charge >= 0.3 is 0 Å². The van der Waals surface area contributed by atoms with Crippen molar-refractivity contribution in [3.05, 3.63) is 71.2 Å². The molecule has 0 bridgehead atoms. The van der Waals surface area contributed by atoms with Crippen molar-refractivity contribution in [3.8, 4) is 22.8 Å². The zero-order valence-electron chi connectivity index (χ0n) is 26.6. The van der Waals surface area contributed by atoms with Crippen molar-refractivity contribution in [1.82, 2.24) is 25.3 Å². The monoisotopic (exact) mass is 637 g/mol. The molecule has 2 aromatic carbocycles. The SMILES string of the molecule is CCC1CC(=O)N(Cc2cc(F)c(C(=O)NC3CCN(C(CF)CF)CC3)cc2Oc2ccc(-c3ccc(C(C)C)nn3)cc2)C1. The van der Waals surface area contributed by atoms with Crippen LogP contribution in [0.3, 0.4) is 0 Å². The lowest BCUT2D eigenvalue weighted by Gasteiger charge is -2.35. The van der Waals surface area contributed by atoms with Gasteiger partial charge in [0.2, 0.25) is 5.91 Å². The molecule has 1 atom stereocenters. The van der Waals surface area contributed by atoms with Crippen molar-refractivity contribution in [2.45, 2.75) is 71.0 Å². The van der Waals surface area contributed by atoms with E-state index in [2.05, 4.69) is 29.4 Å². The van der Waals surface area contributed by atoms with Crippen molar-refractivity contribution in [3.63, 3.8) is 0 Å². The number of halogens is 3. The van der Waals surface area contributed by atoms with E-state index >= 15 is 4.39 Å². The molecule has 1 aromatic heterocycles. The molecule has 46 heavy (non-hydrogen) atoms. The minimum Gasteiger partial charge on any atom is -0.457 e. The third-order valence-electron chi connectivity index (χ3n) is 9.02. The third-order valence-corrected chi connectivity index (χ3v) is 9.02. The molecule has 0 spiro atoms. The van der Waals surface area contributed by atoms with E-state index in [1.165, 1.54) is 12.1 Å². The van der Waals surface area contributed by atoms with Crippen LogP contribution in [-0.4, -0.2) is 76.9 Å². The average molecular weight is 638 g/mol. The molecular weight excluding hydrogens is 595 g/mol. The molecule has 3 aromatic rings. The quantitative estimate of drug-likeness (QED) is 0.245. The fraction of sp³-hybridized carbons (Fsp3) is 0.486. The second-order valence-electron chi connectivity index (χ2n) is 12.6. The Morgan fingerprint density at radius 3 is 2.35 bits per heavy atom. The highest BCUT2D eigenvalue weighted by atomic mass is 19.1. The molecule has 2 aliphatic rings. The van der Waals surface area contributed by atoms with Crippen molar-refractivity contribution in [2.24, 2.45) is 5.92 Å². The number of benzene rings is 2. The van der Waals surface area contributed by atoms with Crippen LogP contribution in [0.15, 0.2) is 48.5 Å². The van der Waals surface area contributed by atoms with Gasteiger partial charge in [-0.1, -0.05) is 27.2 Å². The first-order valence-corrected chi connectivity index (χ1v) is 16.1. The fourth-order valence-electron chi connectivity index (χ4n) is 6.01. The van der Waals surface area contributed by atoms with Gasteiger partial charge in [-0.2, -0.15) is 10.2 Å². The number of nitrogens with one attached hydrogen (secondary N) is 1. The van der Waals surface area contributed by atoms with E-state index in [9.17, 15) is 18.4 Å². The molecular formula is C35H42F3N5O3. The van der Waals surface area contributed by atoms with Crippen LogP contribution in [0.1, 0.15) is 74.0 Å². The second-order valence-corrected chi connectivity index (χ2v) is 12.6. The number of ether oxygens (including phenoxy) is 1. The van der Waals surface area contributed by atoms with Gasteiger partial charge < -0.3 is 15.0 Å². The number of piperidine rings is 1. The second kappa shape index (κ2) is 15.1. The van der Waals surface area contributed by atoms with Crippen molar-refractivity contribution < 1.29 is 27.5 Å². The Bertz CT molecular complexity index is 1490. The molecule has 2 amide bonds. The molecule has 2 fully saturated rings. The molecule has 8 nitrogen and oxygen atoms in total. The van der Waals surface area contributed by atoms with Crippen LogP contribution in [0.4, 0.5) is 13.2 Å². The Balaban J connectivity index is 1.35. The summed E-state index contributed by atoms with van der Waals surface area (Å²) < 4.78 is 48.1. The molecule has 1 N–H and O–H groups in total. The summed E-state index contributed by atoms with van der Waals surface area (Å²) in [5, 5.41) is 11.5. The number of aromatic nitrogens is 2. The standard InChI is InChI=1S/C35H42F3N5O3/c1-4-23-15-34(44)43(20-23)21-25-16-30(38)29(35(45)39-26-11-13-42(14-12-26)27(18-36)19-37)17-33(25)46-28-7-5-24(6-8-28)32-10-9-31(22(2)3)40-41-32/h5-10,16-17,22-23,26-27H,4,11-15,18-21H2,1-3H3,(H,39,45). The Labute approximate surface area is 268 Å². The molecule has 2 aliphatic heterocycles. The van der Waals surface area contributed by atoms with Crippen LogP contribution in [0.5, 0.6) is 11.5 Å². The average Bonchev–Trinajstić information content (AvgIpc) is 3.42. The van der Waals surface area contributed by atoms with Crippen LogP contribution < -0.4 is 10.1 Å². The molecule has 246 valence electrons. The van der Waals surface area contributed by atoms with E-state index in [-0.39, 0.29) is 41.6 Å². The van der Waals surface area contributed by atoms with Crippen LogP contribution >= 0.6 is 0 Å². The molecule has 3 heterocycles. The van der Waals surface area contributed by atoms with E-state index in [0.29, 0.717) is 55.9 Å². The summed E-state index contributed by atoms with van der Waals surface area (Å²) >= 11 is 0. The summed E-state index contributed by atoms with van der Waals surface area (Å²) in [5.41, 5.74) is 2.74. The summed E-state index contributed by atoms with van der Waals surface area (Å²) in [5.74, 6) is -0.0510. The summed E-state index contributed by atoms with van der Waals surface area (Å²) in [7, 11) is 0. The number of rotatable bonds is 12. The van der Waals surface area contributed by atoms with Gasteiger partial charge in [0.05, 0.1) is 23.0 Å². The number of hydrogen-bond donors (Lipinski definition) is 1. The van der Waals surface area contributed by atoms with Crippen molar-refractivity contribution >= 4 is 11.8 Å². The van der Waals surface area contributed by atoms with Gasteiger partial charge in [0, 0.05) is 49.8 Å². The summed E-state index contributed by atoms with van der Waals surface area (Å²) in [6.45, 7) is 6.23.